The predicted octanol–water partition coefficient (Wildman–Crippen LogP) is 3.48. The van der Waals surface area contributed by atoms with Gasteiger partial charge in [-0.15, -0.1) is 0 Å². The fourth-order valence-corrected chi connectivity index (χ4v) is 2.94. The summed E-state index contributed by atoms with van der Waals surface area (Å²) in [7, 11) is 1.72. The minimum absolute atomic E-state index is 0.109. The average molecular weight is 277 g/mol. The molecule has 0 heterocycles. The fourth-order valence-electron chi connectivity index (χ4n) is 2.94. The van der Waals surface area contributed by atoms with Gasteiger partial charge in [-0.1, -0.05) is 13.0 Å². The highest BCUT2D eigenvalue weighted by Crippen LogP contribution is 2.35. The Hall–Kier alpha value is -1.06. The first-order valence-corrected chi connectivity index (χ1v) is 7.52. The molecule has 2 atom stereocenters. The highest BCUT2D eigenvalue weighted by molar-refractivity contribution is 5.40. The van der Waals surface area contributed by atoms with Crippen LogP contribution < -0.4 is 10.1 Å². The molecule has 0 radical (unpaired) electrons. The standard InChI is InChI=1S/C17H27NO2/c1-6-18-16-14-9-8-13(19-5)11-12(14)7-10-15(16)20-17(2,3)4/h8-9,11,15-16,18H,6-7,10H2,1-5H3. The van der Waals surface area contributed by atoms with Crippen molar-refractivity contribution in [3.05, 3.63) is 29.3 Å². The Morgan fingerprint density at radius 1 is 1.30 bits per heavy atom. The van der Waals surface area contributed by atoms with Gasteiger partial charge >= 0.3 is 0 Å². The highest BCUT2D eigenvalue weighted by Gasteiger charge is 2.32. The molecule has 3 heteroatoms. The van der Waals surface area contributed by atoms with Crippen molar-refractivity contribution < 1.29 is 9.47 Å². The summed E-state index contributed by atoms with van der Waals surface area (Å²) in [5.74, 6) is 0.939. The van der Waals surface area contributed by atoms with Crippen molar-refractivity contribution in [2.75, 3.05) is 13.7 Å². The first-order chi connectivity index (χ1) is 9.44. The molecule has 2 unspecified atom stereocenters. The summed E-state index contributed by atoms with van der Waals surface area (Å²) >= 11 is 0. The molecule has 0 saturated carbocycles. The molecule has 0 aromatic heterocycles. The quantitative estimate of drug-likeness (QED) is 0.914. The first kappa shape index (κ1) is 15.3. The van der Waals surface area contributed by atoms with Gasteiger partial charge in [-0.05, 0) is 63.4 Å². The van der Waals surface area contributed by atoms with E-state index in [2.05, 4.69) is 45.1 Å². The van der Waals surface area contributed by atoms with Gasteiger partial charge in [-0.2, -0.15) is 0 Å². The molecular weight excluding hydrogens is 250 g/mol. The average Bonchev–Trinajstić information content (AvgIpc) is 2.39. The SMILES string of the molecule is CCNC1c2ccc(OC)cc2CCC1OC(C)(C)C. The van der Waals surface area contributed by atoms with Crippen molar-refractivity contribution >= 4 is 0 Å². The molecule has 1 aliphatic carbocycles. The molecule has 1 aromatic carbocycles. The van der Waals surface area contributed by atoms with E-state index in [1.807, 2.05) is 6.07 Å². The molecule has 1 aliphatic rings. The van der Waals surface area contributed by atoms with Crippen LogP contribution in [0.5, 0.6) is 5.75 Å². The van der Waals surface area contributed by atoms with E-state index in [0.29, 0.717) is 0 Å². The normalized spacial score (nSPS) is 22.4. The molecule has 0 saturated heterocycles. The van der Waals surface area contributed by atoms with Crippen molar-refractivity contribution in [3.8, 4) is 5.75 Å². The zero-order chi connectivity index (χ0) is 14.8. The summed E-state index contributed by atoms with van der Waals surface area (Å²) in [5, 5.41) is 3.58. The van der Waals surface area contributed by atoms with Crippen molar-refractivity contribution in [3.63, 3.8) is 0 Å². The van der Waals surface area contributed by atoms with Crippen LogP contribution in [0.4, 0.5) is 0 Å². The molecule has 1 N–H and O–H groups in total. The summed E-state index contributed by atoms with van der Waals surface area (Å²) in [6, 6.07) is 6.66. The van der Waals surface area contributed by atoms with E-state index in [9.17, 15) is 0 Å². The minimum atomic E-state index is -0.109. The van der Waals surface area contributed by atoms with Gasteiger partial charge in [0.1, 0.15) is 5.75 Å². The van der Waals surface area contributed by atoms with Crippen molar-refractivity contribution in [1.82, 2.24) is 5.32 Å². The summed E-state index contributed by atoms with van der Waals surface area (Å²) in [6.45, 7) is 9.46. The van der Waals surface area contributed by atoms with Crippen molar-refractivity contribution in [2.45, 2.75) is 58.3 Å². The van der Waals surface area contributed by atoms with Gasteiger partial charge in [0.05, 0.1) is 24.9 Å². The van der Waals surface area contributed by atoms with Crippen LogP contribution in [-0.4, -0.2) is 25.4 Å². The Labute approximate surface area is 122 Å². The van der Waals surface area contributed by atoms with Gasteiger partial charge in [0.15, 0.2) is 0 Å². The number of benzene rings is 1. The topological polar surface area (TPSA) is 30.5 Å². The molecule has 3 nitrogen and oxygen atoms in total. The van der Waals surface area contributed by atoms with Crippen LogP contribution in [-0.2, 0) is 11.2 Å². The third-order valence-corrected chi connectivity index (χ3v) is 3.68. The molecular formula is C17H27NO2. The largest absolute Gasteiger partial charge is 0.497 e. The first-order valence-electron chi connectivity index (χ1n) is 7.52. The smallest absolute Gasteiger partial charge is 0.119 e. The Morgan fingerprint density at radius 2 is 2.05 bits per heavy atom. The van der Waals surface area contributed by atoms with E-state index < -0.39 is 0 Å². The second-order valence-corrected chi connectivity index (χ2v) is 6.41. The summed E-state index contributed by atoms with van der Waals surface area (Å²) in [5.41, 5.74) is 2.62. The van der Waals surface area contributed by atoms with Gasteiger partial charge < -0.3 is 14.8 Å². The third kappa shape index (κ3) is 3.53. The molecule has 0 aliphatic heterocycles. The number of aryl methyl sites for hydroxylation is 1. The summed E-state index contributed by atoms with van der Waals surface area (Å²) in [6.07, 6.45) is 2.33. The van der Waals surface area contributed by atoms with Crippen LogP contribution in [0.3, 0.4) is 0 Å². The van der Waals surface area contributed by atoms with E-state index in [4.69, 9.17) is 9.47 Å². The monoisotopic (exact) mass is 277 g/mol. The third-order valence-electron chi connectivity index (χ3n) is 3.68. The lowest BCUT2D eigenvalue weighted by molar-refractivity contribution is -0.0815. The number of hydrogen-bond donors (Lipinski definition) is 1. The van der Waals surface area contributed by atoms with Crippen LogP contribution in [0.25, 0.3) is 0 Å². The molecule has 0 bridgehead atoms. The van der Waals surface area contributed by atoms with Crippen LogP contribution in [0.15, 0.2) is 18.2 Å². The lowest BCUT2D eigenvalue weighted by Crippen LogP contribution is -2.41. The second-order valence-electron chi connectivity index (χ2n) is 6.41. The maximum Gasteiger partial charge on any atom is 0.119 e. The Bertz CT molecular complexity index is 451. The fraction of sp³-hybridized carbons (Fsp3) is 0.647. The van der Waals surface area contributed by atoms with Crippen LogP contribution >= 0.6 is 0 Å². The van der Waals surface area contributed by atoms with Gasteiger partial charge in [-0.25, -0.2) is 0 Å². The van der Waals surface area contributed by atoms with E-state index in [1.54, 1.807) is 7.11 Å². The summed E-state index contributed by atoms with van der Waals surface area (Å²) < 4.78 is 11.6. The molecule has 112 valence electrons. The number of fused-ring (bicyclic) bond motifs is 1. The lowest BCUT2D eigenvalue weighted by atomic mass is 9.85. The van der Waals surface area contributed by atoms with Crippen molar-refractivity contribution in [2.24, 2.45) is 0 Å². The van der Waals surface area contributed by atoms with E-state index in [-0.39, 0.29) is 17.7 Å². The molecule has 0 spiro atoms. The molecule has 0 amide bonds. The van der Waals surface area contributed by atoms with E-state index >= 15 is 0 Å². The zero-order valence-corrected chi connectivity index (χ0v) is 13.3. The zero-order valence-electron chi connectivity index (χ0n) is 13.3. The lowest BCUT2D eigenvalue weighted by Gasteiger charge is -2.38. The number of hydrogen-bond acceptors (Lipinski definition) is 3. The number of methoxy groups -OCH3 is 1. The molecule has 2 rings (SSSR count). The predicted molar refractivity (Wildman–Crippen MR) is 82.4 cm³/mol. The minimum Gasteiger partial charge on any atom is -0.497 e. The molecule has 0 fully saturated rings. The van der Waals surface area contributed by atoms with Crippen LogP contribution in [0.1, 0.15) is 51.3 Å². The Balaban J connectivity index is 2.27. The number of likely N-dealkylation sites (N-methyl/N-ethyl adjacent to an activating group) is 1. The van der Waals surface area contributed by atoms with Gasteiger partial charge in [-0.3, -0.25) is 0 Å². The van der Waals surface area contributed by atoms with Gasteiger partial charge in [0.2, 0.25) is 0 Å². The maximum atomic E-state index is 6.26. The maximum absolute atomic E-state index is 6.26. The van der Waals surface area contributed by atoms with Crippen LogP contribution in [0, 0.1) is 0 Å². The number of nitrogens with one attached hydrogen (secondary N) is 1. The Kier molecular flexibility index (Phi) is 4.71. The molecule has 20 heavy (non-hydrogen) atoms. The van der Waals surface area contributed by atoms with Gasteiger partial charge in [0, 0.05) is 0 Å². The van der Waals surface area contributed by atoms with Gasteiger partial charge in [0.25, 0.3) is 0 Å². The summed E-state index contributed by atoms with van der Waals surface area (Å²) in [4.78, 5) is 0. The number of ether oxygens (including phenoxy) is 2. The Morgan fingerprint density at radius 3 is 2.65 bits per heavy atom. The van der Waals surface area contributed by atoms with E-state index in [0.717, 1.165) is 25.1 Å². The van der Waals surface area contributed by atoms with Crippen LogP contribution in [0.2, 0.25) is 0 Å². The highest BCUT2D eigenvalue weighted by atomic mass is 16.5. The molecule has 1 aromatic rings. The second kappa shape index (κ2) is 6.15. The van der Waals surface area contributed by atoms with E-state index in [1.165, 1.54) is 11.1 Å². The number of rotatable bonds is 4. The van der Waals surface area contributed by atoms with Crippen molar-refractivity contribution in [1.29, 1.82) is 0 Å².